The standard InChI is InChI=1S/C28H30N2O4S/c1-20(31)35-19-24(16-21-12-14-26(15-13-21)30(2)3)27(32)29-25-11-7-10-23(17-25)28(33)34-18-22-8-5-4-6-9-22/h4-15,17,24H,16,18-19H2,1-3H3,(H,29,32). The van der Waals surface area contributed by atoms with Crippen LogP contribution in [0.5, 0.6) is 0 Å². The van der Waals surface area contributed by atoms with E-state index in [2.05, 4.69) is 5.32 Å². The average molecular weight is 491 g/mol. The molecule has 3 rings (SSSR count). The molecule has 0 saturated heterocycles. The second-order valence-electron chi connectivity index (χ2n) is 8.40. The van der Waals surface area contributed by atoms with Gasteiger partial charge in [-0.1, -0.05) is 60.3 Å². The molecule has 182 valence electrons. The maximum Gasteiger partial charge on any atom is 0.338 e. The minimum absolute atomic E-state index is 0.0334. The van der Waals surface area contributed by atoms with E-state index in [4.69, 9.17) is 4.74 Å². The van der Waals surface area contributed by atoms with Gasteiger partial charge in [0.2, 0.25) is 5.91 Å². The molecule has 35 heavy (non-hydrogen) atoms. The normalized spacial score (nSPS) is 11.4. The molecule has 1 amide bonds. The minimum Gasteiger partial charge on any atom is -0.457 e. The van der Waals surface area contributed by atoms with Crippen molar-refractivity contribution in [2.45, 2.75) is 20.0 Å². The molecule has 0 spiro atoms. The topological polar surface area (TPSA) is 75.7 Å². The molecule has 0 aromatic heterocycles. The number of nitrogens with zero attached hydrogens (tertiary/aromatic N) is 1. The summed E-state index contributed by atoms with van der Waals surface area (Å²) >= 11 is 1.14. The van der Waals surface area contributed by atoms with Crippen LogP contribution < -0.4 is 10.2 Å². The molecule has 3 aromatic carbocycles. The molecule has 0 aliphatic heterocycles. The van der Waals surface area contributed by atoms with E-state index in [0.29, 0.717) is 23.4 Å². The lowest BCUT2D eigenvalue weighted by Gasteiger charge is -2.18. The van der Waals surface area contributed by atoms with E-state index in [0.717, 1.165) is 28.6 Å². The van der Waals surface area contributed by atoms with Crippen molar-refractivity contribution in [1.29, 1.82) is 0 Å². The number of benzene rings is 3. The van der Waals surface area contributed by atoms with E-state index >= 15 is 0 Å². The van der Waals surface area contributed by atoms with E-state index in [1.54, 1.807) is 24.3 Å². The van der Waals surface area contributed by atoms with Crippen molar-refractivity contribution >= 4 is 40.1 Å². The lowest BCUT2D eigenvalue weighted by Crippen LogP contribution is -2.27. The first-order valence-electron chi connectivity index (χ1n) is 11.3. The molecule has 0 radical (unpaired) electrons. The minimum atomic E-state index is -0.463. The van der Waals surface area contributed by atoms with E-state index < -0.39 is 11.9 Å². The van der Waals surface area contributed by atoms with Crippen LogP contribution >= 0.6 is 11.8 Å². The van der Waals surface area contributed by atoms with Gasteiger partial charge in [-0.25, -0.2) is 4.79 Å². The van der Waals surface area contributed by atoms with E-state index in [-0.39, 0.29) is 17.6 Å². The van der Waals surface area contributed by atoms with Gasteiger partial charge in [0, 0.05) is 38.1 Å². The number of hydrogen-bond acceptors (Lipinski definition) is 6. The molecule has 0 bridgehead atoms. The summed E-state index contributed by atoms with van der Waals surface area (Å²) in [6.07, 6.45) is 0.499. The van der Waals surface area contributed by atoms with Crippen LogP contribution in [0.3, 0.4) is 0 Å². The van der Waals surface area contributed by atoms with Crippen molar-refractivity contribution < 1.29 is 19.1 Å². The van der Waals surface area contributed by atoms with Gasteiger partial charge in [-0.15, -0.1) is 0 Å². The number of esters is 1. The Balaban J connectivity index is 1.66. The summed E-state index contributed by atoms with van der Waals surface area (Å²) in [4.78, 5) is 39.2. The van der Waals surface area contributed by atoms with Gasteiger partial charge in [0.1, 0.15) is 6.61 Å². The molecule has 0 aliphatic carbocycles. The lowest BCUT2D eigenvalue weighted by molar-refractivity contribution is -0.119. The number of amides is 1. The van der Waals surface area contributed by atoms with Crippen LogP contribution in [0.2, 0.25) is 0 Å². The third-order valence-corrected chi connectivity index (χ3v) is 6.35. The molecular formula is C28H30N2O4S. The number of carbonyl (C=O) groups excluding carboxylic acids is 3. The predicted octanol–water partition coefficient (Wildman–Crippen LogP) is 5.19. The fourth-order valence-electron chi connectivity index (χ4n) is 3.43. The van der Waals surface area contributed by atoms with Crippen molar-refractivity contribution in [2.75, 3.05) is 30.1 Å². The molecule has 0 saturated carbocycles. The Morgan fingerprint density at radius 3 is 2.29 bits per heavy atom. The molecule has 3 aromatic rings. The average Bonchev–Trinajstić information content (AvgIpc) is 2.86. The molecule has 6 nitrogen and oxygen atoms in total. The first-order valence-corrected chi connectivity index (χ1v) is 12.3. The zero-order valence-corrected chi connectivity index (χ0v) is 21.0. The van der Waals surface area contributed by atoms with Crippen LogP contribution in [0.15, 0.2) is 78.9 Å². The highest BCUT2D eigenvalue weighted by atomic mass is 32.2. The first kappa shape index (κ1) is 26.0. The van der Waals surface area contributed by atoms with Gasteiger partial charge in [-0.2, -0.15) is 0 Å². The Hall–Kier alpha value is -3.58. The smallest absolute Gasteiger partial charge is 0.338 e. The second-order valence-corrected chi connectivity index (χ2v) is 9.59. The summed E-state index contributed by atoms with van der Waals surface area (Å²) in [5, 5.41) is 2.87. The number of thioether (sulfide) groups is 1. The van der Waals surface area contributed by atoms with Gasteiger partial charge in [0.25, 0.3) is 0 Å². The van der Waals surface area contributed by atoms with E-state index in [1.807, 2.05) is 73.6 Å². The molecule has 1 unspecified atom stereocenters. The summed E-state index contributed by atoms with van der Waals surface area (Å²) in [7, 11) is 3.95. The van der Waals surface area contributed by atoms with Crippen LogP contribution in [0.4, 0.5) is 11.4 Å². The highest BCUT2D eigenvalue weighted by molar-refractivity contribution is 8.13. The van der Waals surface area contributed by atoms with Gasteiger partial charge < -0.3 is 15.0 Å². The summed E-state index contributed by atoms with van der Waals surface area (Å²) in [6, 6.07) is 24.1. The quantitative estimate of drug-likeness (QED) is 0.395. The van der Waals surface area contributed by atoms with Gasteiger partial charge in [0.05, 0.1) is 11.5 Å². The van der Waals surface area contributed by atoms with Crippen molar-refractivity contribution in [3.05, 3.63) is 95.6 Å². The Kier molecular flexibility index (Phi) is 9.49. The van der Waals surface area contributed by atoms with Crippen molar-refractivity contribution in [2.24, 2.45) is 5.92 Å². The van der Waals surface area contributed by atoms with Crippen LogP contribution in [-0.4, -0.2) is 36.8 Å². The number of ether oxygens (including phenoxy) is 1. The van der Waals surface area contributed by atoms with Crippen molar-refractivity contribution in [1.82, 2.24) is 0 Å². The monoisotopic (exact) mass is 490 g/mol. The van der Waals surface area contributed by atoms with E-state index in [1.165, 1.54) is 6.92 Å². The summed E-state index contributed by atoms with van der Waals surface area (Å²) in [5.41, 5.74) is 3.84. The summed E-state index contributed by atoms with van der Waals surface area (Å²) in [5.74, 6) is -0.710. The summed E-state index contributed by atoms with van der Waals surface area (Å²) < 4.78 is 5.40. The molecule has 0 aliphatic rings. The Morgan fingerprint density at radius 2 is 1.63 bits per heavy atom. The van der Waals surface area contributed by atoms with Crippen LogP contribution in [0.1, 0.15) is 28.4 Å². The highest BCUT2D eigenvalue weighted by Gasteiger charge is 2.21. The molecule has 0 heterocycles. The molecule has 1 atom stereocenters. The van der Waals surface area contributed by atoms with Crippen LogP contribution in [0, 0.1) is 5.92 Å². The lowest BCUT2D eigenvalue weighted by atomic mass is 9.99. The third-order valence-electron chi connectivity index (χ3n) is 5.37. The van der Waals surface area contributed by atoms with Crippen LogP contribution in [-0.2, 0) is 27.4 Å². The number of carbonyl (C=O) groups is 3. The SMILES string of the molecule is CC(=O)SCC(Cc1ccc(N(C)C)cc1)C(=O)Nc1cccc(C(=O)OCc2ccccc2)c1. The molecule has 0 fully saturated rings. The number of rotatable bonds is 10. The Bertz CT molecular complexity index is 1150. The fourth-order valence-corrected chi connectivity index (χ4v) is 4.14. The van der Waals surface area contributed by atoms with Gasteiger partial charge in [-0.3, -0.25) is 9.59 Å². The Morgan fingerprint density at radius 1 is 0.914 bits per heavy atom. The highest BCUT2D eigenvalue weighted by Crippen LogP contribution is 2.21. The number of nitrogens with one attached hydrogen (secondary N) is 1. The third kappa shape index (κ3) is 8.30. The van der Waals surface area contributed by atoms with Gasteiger partial charge in [-0.05, 0) is 47.9 Å². The van der Waals surface area contributed by atoms with Crippen molar-refractivity contribution in [3.8, 4) is 0 Å². The largest absolute Gasteiger partial charge is 0.457 e. The van der Waals surface area contributed by atoms with Crippen molar-refractivity contribution in [3.63, 3.8) is 0 Å². The van der Waals surface area contributed by atoms with E-state index in [9.17, 15) is 14.4 Å². The molecule has 7 heteroatoms. The van der Waals surface area contributed by atoms with Gasteiger partial charge >= 0.3 is 5.97 Å². The zero-order valence-electron chi connectivity index (χ0n) is 20.2. The zero-order chi connectivity index (χ0) is 25.2. The fraction of sp³-hybridized carbons (Fsp3) is 0.250. The van der Waals surface area contributed by atoms with Crippen LogP contribution in [0.25, 0.3) is 0 Å². The maximum absolute atomic E-state index is 13.1. The number of anilines is 2. The first-order chi connectivity index (χ1) is 16.8. The second kappa shape index (κ2) is 12.8. The maximum atomic E-state index is 13.1. The van der Waals surface area contributed by atoms with Gasteiger partial charge in [0.15, 0.2) is 5.12 Å². The predicted molar refractivity (Wildman–Crippen MR) is 142 cm³/mol. The molecule has 1 N–H and O–H groups in total. The number of hydrogen-bond donors (Lipinski definition) is 1. The Labute approximate surface area is 210 Å². The summed E-state index contributed by atoms with van der Waals surface area (Å²) in [6.45, 7) is 1.67. The molecular weight excluding hydrogens is 460 g/mol.